The molecule has 0 saturated heterocycles. The number of para-hydroxylation sites is 1. The van der Waals surface area contributed by atoms with E-state index in [1.165, 1.54) is 128 Å². The van der Waals surface area contributed by atoms with E-state index in [1.807, 2.05) is 24.3 Å². The average molecular weight is 471 g/mol. The van der Waals surface area contributed by atoms with Crippen LogP contribution in [0.5, 0.6) is 5.75 Å². The molecule has 0 aliphatic carbocycles. The van der Waals surface area contributed by atoms with Crippen molar-refractivity contribution < 1.29 is 9.53 Å². The van der Waals surface area contributed by atoms with Gasteiger partial charge in [-0.2, -0.15) is 0 Å². The van der Waals surface area contributed by atoms with Crippen LogP contribution in [0, 0.1) is 0 Å². The van der Waals surface area contributed by atoms with Crippen molar-refractivity contribution in [2.24, 2.45) is 0 Å². The van der Waals surface area contributed by atoms with E-state index >= 15 is 0 Å². The first-order valence-electron chi connectivity index (χ1n) is 14.7. The van der Waals surface area contributed by atoms with E-state index in [4.69, 9.17) is 4.74 Å². The topological polar surface area (TPSA) is 26.3 Å². The van der Waals surface area contributed by atoms with E-state index < -0.39 is 0 Å². The predicted octanol–water partition coefficient (Wildman–Crippen LogP) is 10.8. The van der Waals surface area contributed by atoms with Crippen molar-refractivity contribution in [2.75, 3.05) is 0 Å². The normalized spacial score (nSPS) is 11.3. The van der Waals surface area contributed by atoms with Gasteiger partial charge in [0.1, 0.15) is 5.75 Å². The first-order valence-corrected chi connectivity index (χ1v) is 14.7. The van der Waals surface area contributed by atoms with Gasteiger partial charge >= 0.3 is 5.97 Å². The second-order valence-electron chi connectivity index (χ2n) is 9.97. The van der Waals surface area contributed by atoms with Gasteiger partial charge in [0.25, 0.3) is 0 Å². The number of hydrogen-bond acceptors (Lipinski definition) is 2. The number of rotatable bonds is 24. The minimum Gasteiger partial charge on any atom is -0.426 e. The summed E-state index contributed by atoms with van der Waals surface area (Å²) in [5.41, 5.74) is 0. The highest BCUT2D eigenvalue weighted by molar-refractivity contribution is 5.73. The fourth-order valence-corrected chi connectivity index (χ4v) is 4.48. The van der Waals surface area contributed by atoms with Crippen molar-refractivity contribution in [3.8, 4) is 5.75 Å². The highest BCUT2D eigenvalue weighted by Crippen LogP contribution is 2.15. The lowest BCUT2D eigenvalue weighted by atomic mass is 10.0. The summed E-state index contributed by atoms with van der Waals surface area (Å²) in [6, 6.07) is 9.27. The van der Waals surface area contributed by atoms with Crippen LogP contribution in [0.4, 0.5) is 0 Å². The van der Waals surface area contributed by atoms with Crippen LogP contribution in [0.3, 0.4) is 0 Å². The van der Waals surface area contributed by atoms with Crippen LogP contribution in [0.15, 0.2) is 42.5 Å². The number of unbranched alkanes of at least 4 members (excludes halogenated alkanes) is 20. The van der Waals surface area contributed by atoms with Crippen LogP contribution < -0.4 is 4.74 Å². The minimum atomic E-state index is -0.189. The fourth-order valence-electron chi connectivity index (χ4n) is 4.48. The van der Waals surface area contributed by atoms with Gasteiger partial charge in [0.15, 0.2) is 0 Å². The monoisotopic (exact) mass is 470 g/mol. The zero-order valence-corrected chi connectivity index (χ0v) is 22.4. The SMILES string of the molecule is CCCCCCCCCCCCCCCCCCCCCC/C=C/CC(=O)Oc1ccccc1. The summed E-state index contributed by atoms with van der Waals surface area (Å²) in [4.78, 5) is 11.8. The summed E-state index contributed by atoms with van der Waals surface area (Å²) in [5.74, 6) is 0.431. The molecular weight excluding hydrogens is 416 g/mol. The number of hydrogen-bond donors (Lipinski definition) is 0. The van der Waals surface area contributed by atoms with E-state index in [-0.39, 0.29) is 5.97 Å². The zero-order chi connectivity index (χ0) is 24.4. The molecule has 0 N–H and O–H groups in total. The van der Waals surface area contributed by atoms with Crippen LogP contribution in [0.1, 0.15) is 148 Å². The van der Waals surface area contributed by atoms with Gasteiger partial charge in [0.2, 0.25) is 0 Å². The van der Waals surface area contributed by atoms with Gasteiger partial charge in [0, 0.05) is 0 Å². The molecule has 0 radical (unpaired) electrons. The number of allylic oxidation sites excluding steroid dienone is 1. The van der Waals surface area contributed by atoms with E-state index in [2.05, 4.69) is 13.0 Å². The van der Waals surface area contributed by atoms with Gasteiger partial charge in [-0.05, 0) is 25.0 Å². The molecule has 0 atom stereocenters. The summed E-state index contributed by atoms with van der Waals surface area (Å²) >= 11 is 0. The van der Waals surface area contributed by atoms with Crippen LogP contribution in [0.2, 0.25) is 0 Å². The molecule has 1 aromatic carbocycles. The Morgan fingerprint density at radius 3 is 1.44 bits per heavy atom. The van der Waals surface area contributed by atoms with Crippen LogP contribution >= 0.6 is 0 Å². The van der Waals surface area contributed by atoms with Crippen LogP contribution in [-0.2, 0) is 4.79 Å². The Morgan fingerprint density at radius 1 is 0.588 bits per heavy atom. The van der Waals surface area contributed by atoms with Crippen molar-refractivity contribution in [3.63, 3.8) is 0 Å². The third-order valence-electron chi connectivity index (χ3n) is 6.65. The molecule has 0 heterocycles. The first kappa shape index (κ1) is 30.5. The number of benzene rings is 1. The smallest absolute Gasteiger partial charge is 0.315 e. The molecule has 0 unspecified atom stereocenters. The van der Waals surface area contributed by atoms with Crippen LogP contribution in [0.25, 0.3) is 0 Å². The summed E-state index contributed by atoms with van der Waals surface area (Å²) in [6.45, 7) is 2.29. The lowest BCUT2D eigenvalue weighted by Gasteiger charge is -2.04. The molecule has 2 heteroatoms. The van der Waals surface area contributed by atoms with Gasteiger partial charge in [-0.3, -0.25) is 4.79 Å². The Kier molecular flexibility index (Phi) is 22.0. The van der Waals surface area contributed by atoms with E-state index in [0.717, 1.165) is 6.42 Å². The summed E-state index contributed by atoms with van der Waals surface area (Å²) in [7, 11) is 0. The van der Waals surface area contributed by atoms with Gasteiger partial charge in [0.05, 0.1) is 6.42 Å². The summed E-state index contributed by atoms with van der Waals surface area (Å²) < 4.78 is 5.27. The Bertz CT molecular complexity index is 578. The molecule has 0 aromatic heterocycles. The number of carbonyl (C=O) groups is 1. The Labute approximate surface area is 212 Å². The molecule has 194 valence electrons. The average Bonchev–Trinajstić information content (AvgIpc) is 2.85. The molecule has 0 amide bonds. The molecule has 34 heavy (non-hydrogen) atoms. The number of esters is 1. The molecular formula is C32H54O2. The summed E-state index contributed by atoms with van der Waals surface area (Å²) in [5, 5.41) is 0. The predicted molar refractivity (Wildman–Crippen MR) is 148 cm³/mol. The molecule has 0 aliphatic heterocycles. The van der Waals surface area contributed by atoms with E-state index in [9.17, 15) is 4.79 Å². The maximum atomic E-state index is 11.8. The third-order valence-corrected chi connectivity index (χ3v) is 6.65. The minimum absolute atomic E-state index is 0.189. The molecule has 1 rings (SSSR count). The number of carbonyl (C=O) groups excluding carboxylic acids is 1. The molecule has 1 aromatic rings. The van der Waals surface area contributed by atoms with Crippen LogP contribution in [-0.4, -0.2) is 5.97 Å². The molecule has 0 bridgehead atoms. The Morgan fingerprint density at radius 2 is 1.00 bits per heavy atom. The molecule has 0 aliphatic rings. The lowest BCUT2D eigenvalue weighted by Crippen LogP contribution is -2.05. The number of ether oxygens (including phenoxy) is 1. The standard InChI is InChI=1S/C32H54O2/c1-2-3-4-5-6-7-8-9-10-11-12-13-14-15-16-17-18-19-20-21-22-23-27-30-32(33)34-31-28-25-24-26-29-31/h23-29H,2-22,30H2,1H3/b27-23+. The van der Waals surface area contributed by atoms with Gasteiger partial charge < -0.3 is 4.74 Å². The van der Waals surface area contributed by atoms with Crippen molar-refractivity contribution in [2.45, 2.75) is 148 Å². The van der Waals surface area contributed by atoms with Gasteiger partial charge in [-0.15, -0.1) is 0 Å². The lowest BCUT2D eigenvalue weighted by molar-refractivity contribution is -0.133. The largest absolute Gasteiger partial charge is 0.426 e. The van der Waals surface area contributed by atoms with Crippen molar-refractivity contribution in [1.82, 2.24) is 0 Å². The van der Waals surface area contributed by atoms with Crippen molar-refractivity contribution in [3.05, 3.63) is 42.5 Å². The molecule has 0 fully saturated rings. The molecule has 2 nitrogen and oxygen atoms in total. The second-order valence-corrected chi connectivity index (χ2v) is 9.97. The van der Waals surface area contributed by atoms with Crippen molar-refractivity contribution in [1.29, 1.82) is 0 Å². The molecule has 0 saturated carbocycles. The zero-order valence-electron chi connectivity index (χ0n) is 22.4. The summed E-state index contributed by atoms with van der Waals surface area (Å²) in [6.07, 6.45) is 33.8. The van der Waals surface area contributed by atoms with E-state index in [1.54, 1.807) is 12.1 Å². The second kappa shape index (κ2) is 24.6. The highest BCUT2D eigenvalue weighted by atomic mass is 16.5. The highest BCUT2D eigenvalue weighted by Gasteiger charge is 2.01. The Balaban J connectivity index is 1.72. The first-order chi connectivity index (χ1) is 16.8. The third kappa shape index (κ3) is 21.0. The fraction of sp³-hybridized carbons (Fsp3) is 0.719. The van der Waals surface area contributed by atoms with Gasteiger partial charge in [-0.1, -0.05) is 159 Å². The van der Waals surface area contributed by atoms with E-state index in [0.29, 0.717) is 12.2 Å². The van der Waals surface area contributed by atoms with Crippen molar-refractivity contribution >= 4 is 5.97 Å². The maximum Gasteiger partial charge on any atom is 0.315 e. The maximum absolute atomic E-state index is 11.8. The quantitative estimate of drug-likeness (QED) is 0.0649. The molecule has 0 spiro atoms. The van der Waals surface area contributed by atoms with Gasteiger partial charge in [-0.25, -0.2) is 0 Å². The Hall–Kier alpha value is -1.57.